The van der Waals surface area contributed by atoms with Crippen LogP contribution in [0.3, 0.4) is 0 Å². The standard InChI is InChI=1S/C13H9FN2O3/c14-11-10(13(15)17)7-6-9(12(11)16(18)19)8-4-2-1-3-5-8/h1-7H,(H2,15,17). The Kier molecular flexibility index (Phi) is 3.24. The van der Waals surface area contributed by atoms with Crippen LogP contribution in [0, 0.1) is 15.9 Å². The molecule has 0 aliphatic heterocycles. The maximum atomic E-state index is 14.0. The van der Waals surface area contributed by atoms with Crippen LogP contribution in [0.15, 0.2) is 42.5 Å². The summed E-state index contributed by atoms with van der Waals surface area (Å²) in [6.45, 7) is 0. The minimum Gasteiger partial charge on any atom is -0.366 e. The molecule has 0 heterocycles. The minimum atomic E-state index is -1.21. The Labute approximate surface area is 107 Å². The van der Waals surface area contributed by atoms with Crippen LogP contribution in [0.25, 0.3) is 11.1 Å². The van der Waals surface area contributed by atoms with Crippen molar-refractivity contribution in [3.05, 3.63) is 64.0 Å². The fourth-order valence-electron chi connectivity index (χ4n) is 1.78. The second-order valence-electron chi connectivity index (χ2n) is 3.81. The summed E-state index contributed by atoms with van der Waals surface area (Å²) in [5.41, 5.74) is 4.32. The van der Waals surface area contributed by atoms with Gasteiger partial charge in [0.1, 0.15) is 0 Å². The van der Waals surface area contributed by atoms with Crippen LogP contribution in [-0.2, 0) is 0 Å². The second-order valence-corrected chi connectivity index (χ2v) is 3.81. The van der Waals surface area contributed by atoms with E-state index in [1.165, 1.54) is 6.07 Å². The van der Waals surface area contributed by atoms with Gasteiger partial charge in [0.25, 0.3) is 5.91 Å². The molecule has 19 heavy (non-hydrogen) atoms. The van der Waals surface area contributed by atoms with Crippen molar-refractivity contribution in [2.24, 2.45) is 5.73 Å². The van der Waals surface area contributed by atoms with Gasteiger partial charge in [-0.15, -0.1) is 0 Å². The van der Waals surface area contributed by atoms with E-state index in [-0.39, 0.29) is 5.56 Å². The number of carbonyl (C=O) groups excluding carboxylic acids is 1. The van der Waals surface area contributed by atoms with Crippen LogP contribution in [0.4, 0.5) is 10.1 Å². The monoisotopic (exact) mass is 260 g/mol. The van der Waals surface area contributed by atoms with Gasteiger partial charge < -0.3 is 5.73 Å². The van der Waals surface area contributed by atoms with Crippen LogP contribution in [0.1, 0.15) is 10.4 Å². The number of nitrogens with two attached hydrogens (primary N) is 1. The second kappa shape index (κ2) is 4.85. The first kappa shape index (κ1) is 12.7. The smallest absolute Gasteiger partial charge is 0.313 e. The summed E-state index contributed by atoms with van der Waals surface area (Å²) in [6.07, 6.45) is 0. The molecule has 1 amide bonds. The number of benzene rings is 2. The van der Waals surface area contributed by atoms with Crippen molar-refractivity contribution < 1.29 is 14.1 Å². The minimum absolute atomic E-state index is 0.105. The van der Waals surface area contributed by atoms with Crippen molar-refractivity contribution in [2.45, 2.75) is 0 Å². The van der Waals surface area contributed by atoms with Gasteiger partial charge in [-0.3, -0.25) is 14.9 Å². The molecule has 0 aliphatic rings. The summed E-state index contributed by atoms with van der Waals surface area (Å²) in [6, 6.07) is 10.8. The first-order chi connectivity index (χ1) is 9.02. The molecule has 0 unspecified atom stereocenters. The van der Waals surface area contributed by atoms with Crippen LogP contribution in [-0.4, -0.2) is 10.8 Å². The summed E-state index contributed by atoms with van der Waals surface area (Å²) in [5.74, 6) is -2.25. The maximum absolute atomic E-state index is 14.0. The van der Waals surface area contributed by atoms with E-state index in [0.29, 0.717) is 5.56 Å². The van der Waals surface area contributed by atoms with E-state index in [1.54, 1.807) is 30.3 Å². The number of amides is 1. The van der Waals surface area contributed by atoms with Crippen molar-refractivity contribution in [1.29, 1.82) is 0 Å². The Hall–Kier alpha value is -2.76. The van der Waals surface area contributed by atoms with Crippen LogP contribution < -0.4 is 5.73 Å². The van der Waals surface area contributed by atoms with Gasteiger partial charge in [0.05, 0.1) is 16.1 Å². The Balaban J connectivity index is 2.73. The van der Waals surface area contributed by atoms with E-state index >= 15 is 0 Å². The summed E-state index contributed by atoms with van der Waals surface area (Å²) in [5, 5.41) is 11.0. The molecular formula is C13H9FN2O3. The van der Waals surface area contributed by atoms with E-state index < -0.39 is 27.9 Å². The average molecular weight is 260 g/mol. The number of nitro groups is 1. The van der Waals surface area contributed by atoms with E-state index in [0.717, 1.165) is 6.07 Å². The van der Waals surface area contributed by atoms with Crippen molar-refractivity contribution in [2.75, 3.05) is 0 Å². The van der Waals surface area contributed by atoms with Gasteiger partial charge in [-0.2, -0.15) is 4.39 Å². The molecule has 5 nitrogen and oxygen atoms in total. The highest BCUT2D eigenvalue weighted by molar-refractivity contribution is 5.95. The van der Waals surface area contributed by atoms with Gasteiger partial charge in [-0.05, 0) is 17.7 Å². The molecule has 2 aromatic rings. The lowest BCUT2D eigenvalue weighted by molar-refractivity contribution is -0.386. The van der Waals surface area contributed by atoms with E-state index in [4.69, 9.17) is 5.73 Å². The Morgan fingerprint density at radius 1 is 1.16 bits per heavy atom. The third-order valence-corrected chi connectivity index (χ3v) is 2.65. The topological polar surface area (TPSA) is 86.2 Å². The lowest BCUT2D eigenvalue weighted by Crippen LogP contribution is -2.14. The molecule has 2 aromatic carbocycles. The third-order valence-electron chi connectivity index (χ3n) is 2.65. The summed E-state index contributed by atoms with van der Waals surface area (Å²) in [7, 11) is 0. The Morgan fingerprint density at radius 2 is 1.79 bits per heavy atom. The number of rotatable bonds is 3. The number of nitrogens with zero attached hydrogens (tertiary/aromatic N) is 1. The van der Waals surface area contributed by atoms with Crippen LogP contribution in [0.2, 0.25) is 0 Å². The highest BCUT2D eigenvalue weighted by Crippen LogP contribution is 2.33. The molecule has 96 valence electrons. The highest BCUT2D eigenvalue weighted by atomic mass is 19.1. The predicted octanol–water partition coefficient (Wildman–Crippen LogP) is 2.50. The fraction of sp³-hybridized carbons (Fsp3) is 0. The number of primary amides is 1. The lowest BCUT2D eigenvalue weighted by atomic mass is 10.0. The number of hydrogen-bond donors (Lipinski definition) is 1. The van der Waals surface area contributed by atoms with Crippen LogP contribution in [0.5, 0.6) is 0 Å². The number of nitro benzene ring substituents is 1. The molecule has 0 saturated heterocycles. The normalized spacial score (nSPS) is 10.2. The van der Waals surface area contributed by atoms with E-state index in [1.807, 2.05) is 0 Å². The zero-order valence-electron chi connectivity index (χ0n) is 9.67. The first-order valence-corrected chi connectivity index (χ1v) is 5.34. The van der Waals surface area contributed by atoms with Crippen molar-refractivity contribution in [3.63, 3.8) is 0 Å². The molecule has 0 radical (unpaired) electrons. The number of halogens is 1. The summed E-state index contributed by atoms with van der Waals surface area (Å²) in [4.78, 5) is 21.2. The molecule has 0 fully saturated rings. The maximum Gasteiger partial charge on any atom is 0.313 e. The molecule has 2 rings (SSSR count). The Bertz CT molecular complexity index is 656. The SMILES string of the molecule is NC(=O)c1ccc(-c2ccccc2)c([N+](=O)[O-])c1F. The quantitative estimate of drug-likeness (QED) is 0.679. The van der Waals surface area contributed by atoms with E-state index in [9.17, 15) is 19.3 Å². The molecule has 0 saturated carbocycles. The largest absolute Gasteiger partial charge is 0.366 e. The lowest BCUT2D eigenvalue weighted by Gasteiger charge is -2.06. The molecule has 0 aliphatic carbocycles. The fourth-order valence-corrected chi connectivity index (χ4v) is 1.78. The van der Waals surface area contributed by atoms with Crippen molar-refractivity contribution in [1.82, 2.24) is 0 Å². The van der Waals surface area contributed by atoms with Gasteiger partial charge >= 0.3 is 5.69 Å². The molecule has 2 N–H and O–H groups in total. The molecular weight excluding hydrogens is 251 g/mol. The zero-order valence-corrected chi connectivity index (χ0v) is 9.67. The molecule has 0 bridgehead atoms. The highest BCUT2D eigenvalue weighted by Gasteiger charge is 2.26. The van der Waals surface area contributed by atoms with Gasteiger partial charge in [0.2, 0.25) is 5.82 Å². The predicted molar refractivity (Wildman–Crippen MR) is 67.0 cm³/mol. The van der Waals surface area contributed by atoms with Gasteiger partial charge in [0.15, 0.2) is 0 Å². The summed E-state index contributed by atoms with van der Waals surface area (Å²) < 4.78 is 14.0. The Morgan fingerprint density at radius 3 is 2.32 bits per heavy atom. The van der Waals surface area contributed by atoms with Gasteiger partial charge in [-0.25, -0.2) is 0 Å². The number of hydrogen-bond acceptors (Lipinski definition) is 3. The zero-order chi connectivity index (χ0) is 14.0. The number of carbonyl (C=O) groups is 1. The van der Waals surface area contributed by atoms with E-state index in [2.05, 4.69) is 0 Å². The molecule has 0 atom stereocenters. The van der Waals surface area contributed by atoms with Crippen molar-refractivity contribution in [3.8, 4) is 11.1 Å². The first-order valence-electron chi connectivity index (χ1n) is 5.34. The average Bonchev–Trinajstić information content (AvgIpc) is 2.38. The van der Waals surface area contributed by atoms with Gasteiger partial charge in [0, 0.05) is 0 Å². The third kappa shape index (κ3) is 2.28. The molecule has 0 aromatic heterocycles. The van der Waals surface area contributed by atoms with Crippen molar-refractivity contribution >= 4 is 11.6 Å². The van der Waals surface area contributed by atoms with Gasteiger partial charge in [-0.1, -0.05) is 30.3 Å². The summed E-state index contributed by atoms with van der Waals surface area (Å²) >= 11 is 0. The van der Waals surface area contributed by atoms with Crippen LogP contribution >= 0.6 is 0 Å². The molecule has 0 spiro atoms. The molecule has 6 heteroatoms.